The number of amides is 4. The summed E-state index contributed by atoms with van der Waals surface area (Å²) >= 11 is 0. The molecule has 0 saturated heterocycles. The number of nitrogens with zero attached hydrogens (tertiary/aromatic N) is 2. The minimum atomic E-state index is -1.46. The summed E-state index contributed by atoms with van der Waals surface area (Å²) < 4.78 is 0. The van der Waals surface area contributed by atoms with Crippen molar-refractivity contribution in [1.29, 1.82) is 0 Å². The highest BCUT2D eigenvalue weighted by Gasteiger charge is 2.32. The quantitative estimate of drug-likeness (QED) is 0.0767. The first kappa shape index (κ1) is 30.4. The summed E-state index contributed by atoms with van der Waals surface area (Å²) in [6.45, 7) is 0. The van der Waals surface area contributed by atoms with Crippen LogP contribution in [-0.4, -0.2) is 83.8 Å². The molecule has 3 aromatic heterocycles. The lowest BCUT2D eigenvalue weighted by atomic mass is 10.0. The first-order valence-corrected chi connectivity index (χ1v) is 13.3. The second-order valence-electron chi connectivity index (χ2n) is 9.92. The van der Waals surface area contributed by atoms with E-state index in [9.17, 15) is 29.1 Å². The van der Waals surface area contributed by atoms with Crippen molar-refractivity contribution in [3.63, 3.8) is 0 Å². The number of aliphatic carboxylic acids is 1. The summed E-state index contributed by atoms with van der Waals surface area (Å²) in [4.78, 5) is 79.9. The third-order valence-electron chi connectivity index (χ3n) is 6.70. The number of hydrogen-bond acceptors (Lipinski definition) is 8. The second-order valence-corrected chi connectivity index (χ2v) is 9.92. The van der Waals surface area contributed by atoms with E-state index in [1.54, 1.807) is 6.20 Å². The van der Waals surface area contributed by atoms with E-state index in [1.807, 2.05) is 24.3 Å². The van der Waals surface area contributed by atoms with E-state index in [0.29, 0.717) is 17.0 Å². The van der Waals surface area contributed by atoms with E-state index in [-0.39, 0.29) is 19.3 Å². The Balaban J connectivity index is 1.54. The minimum Gasteiger partial charge on any atom is -0.480 e. The predicted molar refractivity (Wildman–Crippen MR) is 152 cm³/mol. The van der Waals surface area contributed by atoms with Crippen LogP contribution in [0.5, 0.6) is 0 Å². The standard InChI is InChI=1S/C27H32N10O6/c28-18(6-15-10-30-12-33-15)24(39)35-21(8-23(29)38)26(41)36-20(5-14-9-32-19-4-2-1-3-17(14)19)25(40)37-22(27(42)43)7-16-11-31-13-34-16/h1-4,9-13,18,20-22,32H,5-8,28H2,(H2,29,38)(H,30,33)(H,31,34)(H,35,39)(H,36,41)(H,37,40)(H,42,43). The second kappa shape index (κ2) is 13.9. The predicted octanol–water partition coefficient (Wildman–Crippen LogP) is -1.62. The van der Waals surface area contributed by atoms with Gasteiger partial charge in [-0.25, -0.2) is 14.8 Å². The lowest BCUT2D eigenvalue weighted by Gasteiger charge is -2.25. The molecule has 11 N–H and O–H groups in total. The monoisotopic (exact) mass is 592 g/mol. The molecule has 0 aliphatic heterocycles. The third-order valence-corrected chi connectivity index (χ3v) is 6.70. The summed E-state index contributed by atoms with van der Waals surface area (Å²) in [5.41, 5.74) is 13.8. The van der Waals surface area contributed by atoms with Crippen molar-refractivity contribution < 1.29 is 29.1 Å². The largest absolute Gasteiger partial charge is 0.480 e. The number of rotatable bonds is 15. The number of aromatic amines is 3. The maximum Gasteiger partial charge on any atom is 0.326 e. The van der Waals surface area contributed by atoms with Crippen molar-refractivity contribution in [2.45, 2.75) is 49.9 Å². The number of hydrogen-bond donors (Lipinski definition) is 9. The van der Waals surface area contributed by atoms with Crippen LogP contribution in [0.25, 0.3) is 10.9 Å². The number of imidazole rings is 2. The van der Waals surface area contributed by atoms with Crippen LogP contribution in [0.3, 0.4) is 0 Å². The molecule has 0 bridgehead atoms. The summed E-state index contributed by atoms with van der Waals surface area (Å²) in [5.74, 6) is -4.61. The smallest absolute Gasteiger partial charge is 0.326 e. The number of aromatic nitrogens is 5. The van der Waals surface area contributed by atoms with Gasteiger partial charge in [-0.05, 0) is 11.6 Å². The Labute approximate surface area is 244 Å². The van der Waals surface area contributed by atoms with E-state index >= 15 is 0 Å². The maximum absolute atomic E-state index is 13.5. The van der Waals surface area contributed by atoms with Gasteiger partial charge in [-0.15, -0.1) is 0 Å². The molecule has 16 nitrogen and oxygen atoms in total. The normalized spacial score (nSPS) is 13.9. The molecular formula is C27H32N10O6. The van der Waals surface area contributed by atoms with Gasteiger partial charge in [0.1, 0.15) is 18.1 Å². The molecule has 43 heavy (non-hydrogen) atoms. The molecule has 226 valence electrons. The average Bonchev–Trinajstić information content (AvgIpc) is 3.75. The van der Waals surface area contributed by atoms with Gasteiger partial charge in [-0.2, -0.15) is 0 Å². The first-order chi connectivity index (χ1) is 20.6. The topological polar surface area (TPSA) is 267 Å². The van der Waals surface area contributed by atoms with Gasteiger partial charge < -0.3 is 47.5 Å². The van der Waals surface area contributed by atoms with Crippen molar-refractivity contribution >= 4 is 40.5 Å². The van der Waals surface area contributed by atoms with Gasteiger partial charge in [0.25, 0.3) is 0 Å². The number of carboxylic acid groups (broad SMARTS) is 1. The zero-order chi connectivity index (χ0) is 30.9. The molecule has 0 aliphatic rings. The van der Waals surface area contributed by atoms with Crippen molar-refractivity contribution in [3.05, 3.63) is 72.5 Å². The number of carboxylic acids is 1. The molecule has 0 radical (unpaired) electrons. The van der Waals surface area contributed by atoms with Gasteiger partial charge in [0.15, 0.2) is 0 Å². The minimum absolute atomic E-state index is 0.0471. The Morgan fingerprint density at radius 2 is 1.40 bits per heavy atom. The molecular weight excluding hydrogens is 560 g/mol. The molecule has 4 unspecified atom stereocenters. The molecule has 4 rings (SSSR count). The Bertz CT molecular complexity index is 1570. The number of primary amides is 1. The molecule has 0 saturated carbocycles. The van der Waals surface area contributed by atoms with E-state index in [2.05, 4.69) is 40.9 Å². The number of carbonyl (C=O) groups is 5. The molecule has 0 fully saturated rings. The number of fused-ring (bicyclic) bond motifs is 1. The highest BCUT2D eigenvalue weighted by Crippen LogP contribution is 2.19. The molecule has 4 aromatic rings. The lowest BCUT2D eigenvalue weighted by molar-refractivity contribution is -0.142. The van der Waals surface area contributed by atoms with Gasteiger partial charge in [0.05, 0.1) is 25.1 Å². The molecule has 0 aliphatic carbocycles. The number of para-hydroxylation sites is 1. The molecule has 0 spiro atoms. The zero-order valence-electron chi connectivity index (χ0n) is 22.9. The summed E-state index contributed by atoms with van der Waals surface area (Å²) in [6, 6.07) is 2.09. The SMILES string of the molecule is NC(=O)CC(NC(=O)C(N)Cc1cnc[nH]1)C(=O)NC(Cc1c[nH]c2ccccc12)C(=O)NC(Cc1cnc[nH]1)C(=O)O. The summed E-state index contributed by atoms with van der Waals surface area (Å²) in [6.07, 6.45) is 6.76. The first-order valence-electron chi connectivity index (χ1n) is 13.3. The van der Waals surface area contributed by atoms with Crippen LogP contribution in [0.15, 0.2) is 55.5 Å². The fraction of sp³-hybridized carbons (Fsp3) is 0.296. The maximum atomic E-state index is 13.5. The van der Waals surface area contributed by atoms with E-state index in [1.165, 1.54) is 25.0 Å². The third kappa shape index (κ3) is 8.26. The van der Waals surface area contributed by atoms with Crippen molar-refractivity contribution in [2.24, 2.45) is 11.5 Å². The van der Waals surface area contributed by atoms with Gasteiger partial charge in [-0.3, -0.25) is 19.2 Å². The Kier molecular flexibility index (Phi) is 9.85. The van der Waals surface area contributed by atoms with Crippen LogP contribution >= 0.6 is 0 Å². The molecule has 4 amide bonds. The Hall–Kier alpha value is -5.51. The fourth-order valence-corrected chi connectivity index (χ4v) is 4.51. The van der Waals surface area contributed by atoms with Crippen LogP contribution < -0.4 is 27.4 Å². The van der Waals surface area contributed by atoms with Gasteiger partial charge in [-0.1, -0.05) is 18.2 Å². The van der Waals surface area contributed by atoms with E-state index in [4.69, 9.17) is 11.5 Å². The molecule has 16 heteroatoms. The number of benzene rings is 1. The van der Waals surface area contributed by atoms with E-state index < -0.39 is 60.2 Å². The summed E-state index contributed by atoms with van der Waals surface area (Å²) in [5, 5.41) is 18.0. The van der Waals surface area contributed by atoms with Crippen LogP contribution in [-0.2, 0) is 43.2 Å². The number of nitrogens with one attached hydrogen (secondary N) is 6. The Morgan fingerprint density at radius 3 is 2.02 bits per heavy atom. The van der Waals surface area contributed by atoms with Crippen LogP contribution in [0.1, 0.15) is 23.4 Å². The van der Waals surface area contributed by atoms with Crippen LogP contribution in [0.4, 0.5) is 0 Å². The number of H-pyrrole nitrogens is 3. The molecule has 3 heterocycles. The van der Waals surface area contributed by atoms with Crippen LogP contribution in [0, 0.1) is 0 Å². The van der Waals surface area contributed by atoms with Gasteiger partial charge in [0.2, 0.25) is 23.6 Å². The lowest BCUT2D eigenvalue weighted by Crippen LogP contribution is -2.58. The molecule has 4 atom stereocenters. The highest BCUT2D eigenvalue weighted by molar-refractivity contribution is 5.96. The van der Waals surface area contributed by atoms with E-state index in [0.717, 1.165) is 10.9 Å². The van der Waals surface area contributed by atoms with Crippen molar-refractivity contribution in [3.8, 4) is 0 Å². The average molecular weight is 593 g/mol. The van der Waals surface area contributed by atoms with Gasteiger partial charge in [0, 0.05) is 60.1 Å². The number of carbonyl (C=O) groups excluding carboxylic acids is 4. The summed E-state index contributed by atoms with van der Waals surface area (Å²) in [7, 11) is 0. The number of nitrogens with two attached hydrogens (primary N) is 2. The van der Waals surface area contributed by atoms with Gasteiger partial charge >= 0.3 is 5.97 Å². The Morgan fingerprint density at radius 1 is 0.791 bits per heavy atom. The van der Waals surface area contributed by atoms with Crippen LogP contribution in [0.2, 0.25) is 0 Å². The van der Waals surface area contributed by atoms with Crippen molar-refractivity contribution in [2.75, 3.05) is 0 Å². The fourth-order valence-electron chi connectivity index (χ4n) is 4.51. The molecule has 1 aromatic carbocycles. The van der Waals surface area contributed by atoms with Crippen molar-refractivity contribution in [1.82, 2.24) is 40.9 Å². The highest BCUT2D eigenvalue weighted by atomic mass is 16.4. The zero-order valence-corrected chi connectivity index (χ0v) is 22.9.